The van der Waals surface area contributed by atoms with Gasteiger partial charge in [-0.2, -0.15) is 18.3 Å². The molecule has 1 aromatic heterocycles. The molecule has 6 rings (SSSR count). The van der Waals surface area contributed by atoms with Gasteiger partial charge in [0.1, 0.15) is 5.15 Å². The number of aromatic nitrogens is 2. The third-order valence-corrected chi connectivity index (χ3v) is 7.92. The van der Waals surface area contributed by atoms with Gasteiger partial charge in [-0.3, -0.25) is 9.67 Å². The smallest absolute Gasteiger partial charge is 0.256 e. The summed E-state index contributed by atoms with van der Waals surface area (Å²) in [5.41, 5.74) is 1.97. The van der Waals surface area contributed by atoms with Crippen LogP contribution in [0.5, 0.6) is 0 Å². The Morgan fingerprint density at radius 1 is 1.13 bits per heavy atom. The molecule has 4 aliphatic rings. The first kappa shape index (κ1) is 20.1. The number of benzene rings is 1. The van der Waals surface area contributed by atoms with Crippen molar-refractivity contribution in [2.24, 2.45) is 29.8 Å². The second-order valence-corrected chi connectivity index (χ2v) is 9.99. The van der Waals surface area contributed by atoms with E-state index in [0.29, 0.717) is 5.69 Å². The first-order valence-electron chi connectivity index (χ1n) is 10.6. The molecule has 160 valence electrons. The lowest BCUT2D eigenvalue weighted by Gasteiger charge is -2.57. The molecule has 0 N–H and O–H groups in total. The van der Waals surface area contributed by atoms with Crippen LogP contribution in [0.3, 0.4) is 0 Å². The van der Waals surface area contributed by atoms with E-state index in [4.69, 9.17) is 11.6 Å². The van der Waals surface area contributed by atoms with Crippen molar-refractivity contribution >= 4 is 23.5 Å². The van der Waals surface area contributed by atoms with Gasteiger partial charge in [0, 0.05) is 13.3 Å². The van der Waals surface area contributed by atoms with E-state index in [1.807, 2.05) is 6.92 Å². The number of hydrogen-bond acceptors (Lipinski definition) is 2. The summed E-state index contributed by atoms with van der Waals surface area (Å²) in [5.74, 6) is 2.48. The summed E-state index contributed by atoms with van der Waals surface area (Å²) < 4.78 is 41.0. The Bertz CT molecular complexity index is 986. The van der Waals surface area contributed by atoms with Crippen molar-refractivity contribution in [2.45, 2.75) is 57.0 Å². The SMILES string of the molecule is Cc1ccc(C23CC4CC(CC(C4)C2)C3)cc1N=Cc1c(C(F)(F)F)nn(C)c1Cl. The minimum atomic E-state index is -4.58. The highest BCUT2D eigenvalue weighted by Crippen LogP contribution is 2.61. The van der Waals surface area contributed by atoms with Gasteiger partial charge in [0.15, 0.2) is 5.69 Å². The van der Waals surface area contributed by atoms with E-state index in [0.717, 1.165) is 28.0 Å². The van der Waals surface area contributed by atoms with Crippen molar-refractivity contribution in [1.82, 2.24) is 9.78 Å². The Kier molecular flexibility index (Phi) is 4.58. The fraction of sp³-hybridized carbons (Fsp3) is 0.565. The van der Waals surface area contributed by atoms with Gasteiger partial charge in [0.25, 0.3) is 0 Å². The molecule has 0 atom stereocenters. The molecule has 0 unspecified atom stereocenters. The van der Waals surface area contributed by atoms with Gasteiger partial charge in [-0.05, 0) is 85.8 Å². The zero-order chi connectivity index (χ0) is 21.3. The molecule has 4 aliphatic carbocycles. The van der Waals surface area contributed by atoms with Gasteiger partial charge < -0.3 is 0 Å². The molecule has 0 saturated heterocycles. The van der Waals surface area contributed by atoms with E-state index >= 15 is 0 Å². The Balaban J connectivity index is 1.50. The van der Waals surface area contributed by atoms with Crippen LogP contribution in [0.25, 0.3) is 0 Å². The van der Waals surface area contributed by atoms with Crippen molar-refractivity contribution < 1.29 is 13.2 Å². The highest BCUT2D eigenvalue weighted by Gasteiger charge is 2.51. The van der Waals surface area contributed by atoms with E-state index in [2.05, 4.69) is 28.3 Å². The van der Waals surface area contributed by atoms with Crippen LogP contribution < -0.4 is 0 Å². The number of aliphatic imine (C=N–C) groups is 1. The van der Waals surface area contributed by atoms with E-state index in [1.165, 1.54) is 57.4 Å². The van der Waals surface area contributed by atoms with Gasteiger partial charge in [0.05, 0.1) is 11.3 Å². The molecule has 4 fully saturated rings. The maximum Gasteiger partial charge on any atom is 0.435 e. The molecule has 3 nitrogen and oxygen atoms in total. The van der Waals surface area contributed by atoms with Crippen LogP contribution in [0.1, 0.15) is 60.9 Å². The van der Waals surface area contributed by atoms with Crippen LogP contribution in [-0.4, -0.2) is 16.0 Å². The summed E-state index contributed by atoms with van der Waals surface area (Å²) >= 11 is 6.08. The van der Waals surface area contributed by atoms with E-state index in [-0.39, 0.29) is 16.1 Å². The average Bonchev–Trinajstić information content (AvgIpc) is 2.94. The predicted molar refractivity (Wildman–Crippen MR) is 112 cm³/mol. The summed E-state index contributed by atoms with van der Waals surface area (Å²) in [6.07, 6.45) is 4.45. The molecule has 2 aromatic rings. The quantitative estimate of drug-likeness (QED) is 0.498. The number of hydrogen-bond donors (Lipinski definition) is 0. The maximum atomic E-state index is 13.3. The first-order chi connectivity index (χ1) is 14.1. The maximum absolute atomic E-state index is 13.3. The number of nitrogens with zero attached hydrogens (tertiary/aromatic N) is 3. The van der Waals surface area contributed by atoms with Gasteiger partial charge in [0.2, 0.25) is 0 Å². The Morgan fingerprint density at radius 2 is 1.73 bits per heavy atom. The Hall–Kier alpha value is -1.82. The van der Waals surface area contributed by atoms with Crippen LogP contribution in [0.2, 0.25) is 5.15 Å². The average molecular weight is 436 g/mol. The third kappa shape index (κ3) is 3.28. The number of halogens is 4. The Labute approximate surface area is 179 Å². The largest absolute Gasteiger partial charge is 0.435 e. The minimum absolute atomic E-state index is 0.0685. The molecule has 0 spiro atoms. The van der Waals surface area contributed by atoms with Crippen molar-refractivity contribution in [3.63, 3.8) is 0 Å². The predicted octanol–water partition coefficient (Wildman–Crippen LogP) is 6.62. The first-order valence-corrected chi connectivity index (χ1v) is 11.0. The number of rotatable bonds is 3. The molecule has 1 heterocycles. The van der Waals surface area contributed by atoms with E-state index < -0.39 is 11.9 Å². The second-order valence-electron chi connectivity index (χ2n) is 9.63. The van der Waals surface area contributed by atoms with Crippen LogP contribution in [0.4, 0.5) is 18.9 Å². The topological polar surface area (TPSA) is 30.2 Å². The molecule has 30 heavy (non-hydrogen) atoms. The van der Waals surface area contributed by atoms with Crippen LogP contribution in [0, 0.1) is 24.7 Å². The zero-order valence-electron chi connectivity index (χ0n) is 17.1. The molecular formula is C23H25ClF3N3. The second kappa shape index (κ2) is 6.84. The van der Waals surface area contributed by atoms with Crippen molar-refractivity contribution in [2.75, 3.05) is 0 Å². The van der Waals surface area contributed by atoms with Crippen molar-refractivity contribution in [3.8, 4) is 0 Å². The molecule has 4 bridgehead atoms. The molecule has 0 radical (unpaired) electrons. The summed E-state index contributed by atoms with van der Waals surface area (Å²) in [6, 6.07) is 6.35. The molecule has 0 amide bonds. The van der Waals surface area contributed by atoms with Crippen molar-refractivity contribution in [3.05, 3.63) is 45.7 Å². The third-order valence-electron chi connectivity index (χ3n) is 7.47. The van der Waals surface area contributed by atoms with Gasteiger partial charge in [-0.25, -0.2) is 0 Å². The molecule has 1 aromatic carbocycles. The van der Waals surface area contributed by atoms with E-state index in [1.54, 1.807) is 0 Å². The standard InChI is InChI=1S/C23H25ClF3N3/c1-13-3-4-17(22-9-14-5-15(10-22)7-16(6-14)11-22)8-19(13)28-12-18-20(23(25,26)27)29-30(2)21(18)24/h3-4,8,12,14-16H,5-7,9-11H2,1-2H3. The normalized spacial score (nSPS) is 30.5. The fourth-order valence-electron chi connectivity index (χ4n) is 6.52. The monoisotopic (exact) mass is 435 g/mol. The highest BCUT2D eigenvalue weighted by atomic mass is 35.5. The number of aryl methyl sites for hydroxylation is 2. The fourth-order valence-corrected chi connectivity index (χ4v) is 6.70. The van der Waals surface area contributed by atoms with Gasteiger partial charge in [-0.1, -0.05) is 23.7 Å². The minimum Gasteiger partial charge on any atom is -0.256 e. The summed E-state index contributed by atoms with van der Waals surface area (Å²) in [7, 11) is 1.40. The molecular weight excluding hydrogens is 411 g/mol. The van der Waals surface area contributed by atoms with Crippen LogP contribution in [-0.2, 0) is 18.6 Å². The summed E-state index contributed by atoms with van der Waals surface area (Å²) in [5, 5.41) is 3.46. The van der Waals surface area contributed by atoms with E-state index in [9.17, 15) is 13.2 Å². The zero-order valence-corrected chi connectivity index (χ0v) is 17.9. The van der Waals surface area contributed by atoms with Crippen LogP contribution >= 0.6 is 11.6 Å². The molecule has 4 saturated carbocycles. The van der Waals surface area contributed by atoms with Gasteiger partial charge >= 0.3 is 6.18 Å². The lowest BCUT2D eigenvalue weighted by Crippen LogP contribution is -2.48. The lowest BCUT2D eigenvalue weighted by molar-refractivity contribution is -0.141. The Morgan fingerprint density at radius 3 is 2.30 bits per heavy atom. The molecule has 0 aliphatic heterocycles. The molecule has 7 heteroatoms. The van der Waals surface area contributed by atoms with Crippen molar-refractivity contribution in [1.29, 1.82) is 0 Å². The summed E-state index contributed by atoms with van der Waals surface area (Å²) in [6.45, 7) is 1.94. The van der Waals surface area contributed by atoms with Crippen LogP contribution in [0.15, 0.2) is 23.2 Å². The highest BCUT2D eigenvalue weighted by molar-refractivity contribution is 6.32. The number of alkyl halides is 3. The summed E-state index contributed by atoms with van der Waals surface area (Å²) in [4.78, 5) is 4.45. The lowest BCUT2D eigenvalue weighted by atomic mass is 9.48. The van der Waals surface area contributed by atoms with Gasteiger partial charge in [-0.15, -0.1) is 0 Å².